The highest BCUT2D eigenvalue weighted by Gasteiger charge is 2.72. The van der Waals surface area contributed by atoms with Gasteiger partial charge in [0.15, 0.2) is 23.6 Å². The van der Waals surface area contributed by atoms with Crippen LogP contribution in [-0.2, 0) is 18.3 Å². The average Bonchev–Trinajstić information content (AvgIpc) is 3.46. The molecule has 2 aliphatic heterocycles. The molecule has 0 radical (unpaired) electrons. The van der Waals surface area contributed by atoms with Gasteiger partial charge in [0, 0.05) is 41.2 Å². The first kappa shape index (κ1) is 20.0. The van der Waals surface area contributed by atoms with Gasteiger partial charge >= 0.3 is 0 Å². The summed E-state index contributed by atoms with van der Waals surface area (Å²) in [5.41, 5.74) is 9.96. The molecule has 1 unspecified atom stereocenters. The maximum atomic E-state index is 12.9. The minimum absolute atomic E-state index is 0.00238. The van der Waals surface area contributed by atoms with Crippen molar-refractivity contribution in [3.63, 3.8) is 0 Å². The molecule has 7 N–H and O–H groups in total. The smallest absolute Gasteiger partial charge is 0.190 e. The average molecular weight is 472 g/mol. The molecular weight excluding hydrogens is 442 g/mol. The number of rotatable bonds is 3. The van der Waals surface area contributed by atoms with Crippen LogP contribution in [0.25, 0.3) is 10.9 Å². The molecule has 5 aliphatic rings. The normalized spacial score (nSPS) is 32.1. The molecule has 0 amide bonds. The van der Waals surface area contributed by atoms with E-state index < -0.39 is 11.0 Å². The summed E-state index contributed by atoms with van der Waals surface area (Å²) in [5, 5.41) is 35.2. The fraction of sp³-hybridized carbons (Fsp3) is 0.444. The maximum absolute atomic E-state index is 12.9. The van der Waals surface area contributed by atoms with Crippen LogP contribution in [0.4, 0.5) is 5.69 Å². The molecule has 3 aliphatic carbocycles. The Bertz CT molecular complexity index is 1440. The van der Waals surface area contributed by atoms with Crippen molar-refractivity contribution in [3.05, 3.63) is 52.7 Å². The van der Waals surface area contributed by atoms with Gasteiger partial charge in [-0.05, 0) is 73.5 Å². The first-order valence-electron chi connectivity index (χ1n) is 12.6. The number of hydrogen-bond acceptors (Lipinski definition) is 5. The Morgan fingerprint density at radius 3 is 2.94 bits per heavy atom. The topological polar surface area (TPSA) is 131 Å². The molecule has 1 saturated heterocycles. The highest BCUT2D eigenvalue weighted by atomic mass is 16.5. The van der Waals surface area contributed by atoms with Crippen LogP contribution in [-0.4, -0.2) is 50.8 Å². The Hall–Kier alpha value is -3.23. The van der Waals surface area contributed by atoms with Gasteiger partial charge in [-0.1, -0.05) is 6.07 Å². The molecule has 1 spiro atoms. The number of hydrogen-bond donors (Lipinski definition) is 6. The summed E-state index contributed by atoms with van der Waals surface area (Å²) < 4.78 is 6.62. The van der Waals surface area contributed by atoms with Crippen LogP contribution in [0.1, 0.15) is 47.8 Å². The van der Waals surface area contributed by atoms with Crippen LogP contribution in [0.15, 0.2) is 30.3 Å². The second-order valence-electron chi connectivity index (χ2n) is 11.2. The molecule has 1 aromatic heterocycles. The number of benzene rings is 2. The molecule has 2 bridgehead atoms. The van der Waals surface area contributed by atoms with E-state index in [1.54, 1.807) is 6.07 Å². The zero-order valence-corrected chi connectivity index (χ0v) is 19.4. The van der Waals surface area contributed by atoms with Crippen molar-refractivity contribution in [3.8, 4) is 11.5 Å². The van der Waals surface area contributed by atoms with Gasteiger partial charge in [-0.3, -0.25) is 10.3 Å². The van der Waals surface area contributed by atoms with Crippen LogP contribution < -0.4 is 15.8 Å². The zero-order chi connectivity index (χ0) is 23.7. The molecular formula is C27H29N5O3. The number of aromatic nitrogens is 1. The number of piperidine rings is 1. The number of likely N-dealkylation sites (tertiary alicyclic amines) is 1. The van der Waals surface area contributed by atoms with Crippen LogP contribution in [0.5, 0.6) is 11.5 Å². The van der Waals surface area contributed by atoms with E-state index in [0.717, 1.165) is 65.3 Å². The number of nitrogens with zero attached hydrogens (tertiary/aromatic N) is 1. The molecule has 8 heteroatoms. The number of ether oxygens (including phenoxy) is 1. The zero-order valence-electron chi connectivity index (χ0n) is 19.4. The Morgan fingerprint density at radius 2 is 2.14 bits per heavy atom. The summed E-state index contributed by atoms with van der Waals surface area (Å²) in [6.07, 6.45) is 4.26. The van der Waals surface area contributed by atoms with E-state index in [2.05, 4.69) is 15.2 Å². The third-order valence-electron chi connectivity index (χ3n) is 9.44. The van der Waals surface area contributed by atoms with Gasteiger partial charge in [-0.25, -0.2) is 0 Å². The Morgan fingerprint density at radius 1 is 1.29 bits per heavy atom. The minimum Gasteiger partial charge on any atom is -0.504 e. The monoisotopic (exact) mass is 471 g/mol. The van der Waals surface area contributed by atoms with E-state index in [9.17, 15) is 10.2 Å². The predicted molar refractivity (Wildman–Crippen MR) is 132 cm³/mol. The number of fused-ring (bicyclic) bond motifs is 4. The van der Waals surface area contributed by atoms with Crippen molar-refractivity contribution < 1.29 is 14.9 Å². The number of phenolic OH excluding ortho intramolecular Hbond substituents is 1. The Balaban J connectivity index is 1.37. The Labute approximate surface area is 202 Å². The number of nitrogens with one attached hydrogen (secondary N) is 3. The van der Waals surface area contributed by atoms with Crippen molar-refractivity contribution in [2.75, 3.05) is 18.4 Å². The highest BCUT2D eigenvalue weighted by Crippen LogP contribution is 2.69. The first-order valence-corrected chi connectivity index (χ1v) is 12.6. The fourth-order valence-electron chi connectivity index (χ4n) is 7.85. The van der Waals surface area contributed by atoms with Gasteiger partial charge in [0.2, 0.25) is 0 Å². The third kappa shape index (κ3) is 2.37. The van der Waals surface area contributed by atoms with E-state index in [1.165, 1.54) is 18.4 Å². The highest BCUT2D eigenvalue weighted by molar-refractivity contribution is 5.95. The Kier molecular flexibility index (Phi) is 3.60. The lowest BCUT2D eigenvalue weighted by Crippen LogP contribution is -2.74. The summed E-state index contributed by atoms with van der Waals surface area (Å²) in [5.74, 6) is 1.33. The lowest BCUT2D eigenvalue weighted by Gasteiger charge is -2.62. The SMILES string of the molecule is N=C(N)Nc1ccc2[nH]c3c(c2c1)C[C@@]1(O)C2Cc4ccc(O)c5c4[C@@]1(CCN2CC1CC1)[C@H]3O5. The summed E-state index contributed by atoms with van der Waals surface area (Å²) in [6.45, 7) is 1.97. The molecule has 3 aromatic rings. The van der Waals surface area contributed by atoms with Gasteiger partial charge in [0.05, 0.1) is 16.7 Å². The summed E-state index contributed by atoms with van der Waals surface area (Å²) >= 11 is 0. The number of aromatic hydroxyl groups is 1. The number of anilines is 1. The van der Waals surface area contributed by atoms with E-state index >= 15 is 0 Å². The molecule has 4 atom stereocenters. The number of aliphatic hydroxyl groups is 1. The number of H-pyrrole nitrogens is 1. The van der Waals surface area contributed by atoms with Crippen LogP contribution in [0, 0.1) is 11.3 Å². The largest absolute Gasteiger partial charge is 0.504 e. The second-order valence-corrected chi connectivity index (χ2v) is 11.2. The van der Waals surface area contributed by atoms with E-state index in [4.69, 9.17) is 15.9 Å². The quantitative estimate of drug-likeness (QED) is 0.257. The van der Waals surface area contributed by atoms with E-state index in [1.807, 2.05) is 24.3 Å². The molecule has 8 rings (SSSR count). The molecule has 2 fully saturated rings. The lowest BCUT2D eigenvalue weighted by molar-refractivity contribution is -0.173. The molecule has 8 nitrogen and oxygen atoms in total. The summed E-state index contributed by atoms with van der Waals surface area (Å²) in [6, 6.07) is 9.67. The predicted octanol–water partition coefficient (Wildman–Crippen LogP) is 2.88. The number of guanidine groups is 1. The summed E-state index contributed by atoms with van der Waals surface area (Å²) in [4.78, 5) is 6.15. The number of phenols is 1. The van der Waals surface area contributed by atoms with Crippen LogP contribution in [0.3, 0.4) is 0 Å². The van der Waals surface area contributed by atoms with Gasteiger partial charge in [-0.15, -0.1) is 0 Å². The summed E-state index contributed by atoms with van der Waals surface area (Å²) in [7, 11) is 0. The van der Waals surface area contributed by atoms with Gasteiger partial charge in [0.1, 0.15) is 0 Å². The number of nitrogens with two attached hydrogens (primary N) is 1. The van der Waals surface area contributed by atoms with Crippen LogP contribution >= 0.6 is 0 Å². The molecule has 3 heterocycles. The first-order chi connectivity index (χ1) is 16.9. The van der Waals surface area contributed by atoms with Crippen molar-refractivity contribution in [2.24, 2.45) is 11.7 Å². The maximum Gasteiger partial charge on any atom is 0.190 e. The van der Waals surface area contributed by atoms with E-state index in [0.29, 0.717) is 12.2 Å². The minimum atomic E-state index is -1.01. The van der Waals surface area contributed by atoms with E-state index in [-0.39, 0.29) is 23.9 Å². The van der Waals surface area contributed by atoms with Gasteiger partial charge < -0.3 is 31.0 Å². The van der Waals surface area contributed by atoms with Gasteiger partial charge in [-0.2, -0.15) is 0 Å². The molecule has 1 saturated carbocycles. The molecule has 180 valence electrons. The van der Waals surface area contributed by atoms with Crippen molar-refractivity contribution >= 4 is 22.5 Å². The molecule has 2 aromatic carbocycles. The van der Waals surface area contributed by atoms with Crippen molar-refractivity contribution in [1.82, 2.24) is 9.88 Å². The standard InChI is InChI=1S/C27H29N5O3/c28-25(29)30-15-4-5-18-16(10-15)17-11-27(34)20-9-14-3-6-19(33)23-21(14)26(27,24(35-23)22(17)31-18)7-8-32(20)12-13-1-2-13/h3-6,10,13,20,24,31,33-34H,1-2,7-9,11-12H2,(H4,28,29,30)/t20?,24-,26-,27+/m0/s1. The number of aromatic amines is 1. The lowest BCUT2D eigenvalue weighted by atomic mass is 9.49. The van der Waals surface area contributed by atoms with Crippen molar-refractivity contribution in [1.29, 1.82) is 5.41 Å². The van der Waals surface area contributed by atoms with Crippen LogP contribution in [0.2, 0.25) is 0 Å². The third-order valence-corrected chi connectivity index (χ3v) is 9.44. The fourth-order valence-corrected chi connectivity index (χ4v) is 7.85. The second kappa shape index (κ2) is 6.30. The van der Waals surface area contributed by atoms with Gasteiger partial charge in [0.25, 0.3) is 0 Å². The molecule has 35 heavy (non-hydrogen) atoms. The van der Waals surface area contributed by atoms with Crippen molar-refractivity contribution in [2.45, 2.75) is 55.3 Å².